The summed E-state index contributed by atoms with van der Waals surface area (Å²) in [6.45, 7) is 7.00. The Morgan fingerprint density at radius 2 is 1.89 bits per heavy atom. The van der Waals surface area contributed by atoms with Crippen molar-refractivity contribution < 1.29 is 4.74 Å². The first kappa shape index (κ1) is 21.7. The Balaban J connectivity index is 1.72. The van der Waals surface area contributed by atoms with Gasteiger partial charge in [0.25, 0.3) is 0 Å². The number of aromatic nitrogens is 1. The minimum absolute atomic E-state index is 0.614. The van der Waals surface area contributed by atoms with Gasteiger partial charge in [-0.15, -0.1) is 11.3 Å². The Kier molecular flexibility index (Phi) is 9.64. The molecule has 0 saturated heterocycles. The molecule has 2 aromatic rings. The number of rotatable bonds is 12. The van der Waals surface area contributed by atoms with Gasteiger partial charge in [0.15, 0.2) is 0 Å². The number of halogens is 1. The maximum absolute atomic E-state index is 6.33. The molecule has 0 spiro atoms. The molecule has 1 aromatic heterocycles. The molecule has 148 valence electrons. The van der Waals surface area contributed by atoms with E-state index in [0.29, 0.717) is 11.6 Å². The SMILES string of the molecule is CCCCCCCCCOc1ccc(/C=N\Nc2nc(C)c(C)s2)cc1Cl. The largest absolute Gasteiger partial charge is 0.492 e. The van der Waals surface area contributed by atoms with Crippen LogP contribution >= 0.6 is 22.9 Å². The number of hydrazone groups is 1. The van der Waals surface area contributed by atoms with Crippen LogP contribution in [0.25, 0.3) is 0 Å². The predicted octanol–water partition coefficient (Wildman–Crippen LogP) is 6.99. The van der Waals surface area contributed by atoms with Crippen molar-refractivity contribution in [3.63, 3.8) is 0 Å². The molecular weight excluding hydrogens is 378 g/mol. The fourth-order valence-corrected chi connectivity index (χ4v) is 3.65. The molecule has 0 atom stereocenters. The highest BCUT2D eigenvalue weighted by atomic mass is 35.5. The maximum Gasteiger partial charge on any atom is 0.203 e. The number of thiazole rings is 1. The van der Waals surface area contributed by atoms with Gasteiger partial charge in [0, 0.05) is 4.88 Å². The maximum atomic E-state index is 6.33. The number of nitrogens with one attached hydrogen (secondary N) is 1. The van der Waals surface area contributed by atoms with Gasteiger partial charge in [-0.2, -0.15) is 5.10 Å². The van der Waals surface area contributed by atoms with Gasteiger partial charge in [-0.3, -0.25) is 5.43 Å². The number of nitrogens with zero attached hydrogens (tertiary/aromatic N) is 2. The molecule has 0 fully saturated rings. The molecule has 0 amide bonds. The summed E-state index contributed by atoms with van der Waals surface area (Å²) in [5, 5.41) is 5.63. The van der Waals surface area contributed by atoms with Crippen molar-refractivity contribution in [2.75, 3.05) is 12.0 Å². The lowest BCUT2D eigenvalue weighted by atomic mass is 10.1. The zero-order valence-electron chi connectivity index (χ0n) is 16.6. The summed E-state index contributed by atoms with van der Waals surface area (Å²) >= 11 is 7.92. The highest BCUT2D eigenvalue weighted by Crippen LogP contribution is 2.25. The average molecular weight is 408 g/mol. The van der Waals surface area contributed by atoms with Gasteiger partial charge < -0.3 is 4.74 Å². The third kappa shape index (κ3) is 7.89. The van der Waals surface area contributed by atoms with Gasteiger partial charge in [0.2, 0.25) is 5.13 Å². The van der Waals surface area contributed by atoms with Crippen molar-refractivity contribution in [3.8, 4) is 5.75 Å². The molecule has 6 heteroatoms. The van der Waals surface area contributed by atoms with E-state index < -0.39 is 0 Å². The van der Waals surface area contributed by atoms with E-state index in [9.17, 15) is 0 Å². The number of aryl methyl sites for hydroxylation is 2. The quantitative estimate of drug-likeness (QED) is 0.234. The van der Waals surface area contributed by atoms with E-state index in [2.05, 4.69) is 22.4 Å². The smallest absolute Gasteiger partial charge is 0.203 e. The monoisotopic (exact) mass is 407 g/mol. The van der Waals surface area contributed by atoms with Crippen LogP contribution in [0.4, 0.5) is 5.13 Å². The standard InChI is InChI=1S/C21H30ClN3OS/c1-4-5-6-7-8-9-10-13-26-20-12-11-18(14-19(20)22)15-23-25-21-24-16(2)17(3)27-21/h11-12,14-15H,4-10,13H2,1-3H3,(H,24,25)/b23-15-. The Morgan fingerprint density at radius 1 is 1.15 bits per heavy atom. The van der Waals surface area contributed by atoms with E-state index in [-0.39, 0.29) is 0 Å². The second kappa shape index (κ2) is 12.0. The number of hydrogen-bond donors (Lipinski definition) is 1. The number of unbranched alkanes of at least 4 members (excludes halogenated alkanes) is 6. The molecule has 1 aromatic carbocycles. The highest BCUT2D eigenvalue weighted by Gasteiger charge is 2.03. The van der Waals surface area contributed by atoms with Gasteiger partial charge in [-0.05, 0) is 44.0 Å². The molecule has 4 nitrogen and oxygen atoms in total. The molecule has 0 aliphatic rings. The van der Waals surface area contributed by atoms with Crippen molar-refractivity contribution in [2.45, 2.75) is 65.7 Å². The second-order valence-corrected chi connectivity index (χ2v) is 8.30. The molecule has 0 aliphatic heterocycles. The van der Waals surface area contributed by atoms with Crippen LogP contribution in [-0.2, 0) is 0 Å². The van der Waals surface area contributed by atoms with E-state index in [0.717, 1.165) is 28.6 Å². The van der Waals surface area contributed by atoms with Gasteiger partial charge >= 0.3 is 0 Å². The summed E-state index contributed by atoms with van der Waals surface area (Å²) in [4.78, 5) is 5.58. The van der Waals surface area contributed by atoms with Gasteiger partial charge in [-0.1, -0.05) is 57.0 Å². The van der Waals surface area contributed by atoms with Gasteiger partial charge in [-0.25, -0.2) is 4.98 Å². The average Bonchev–Trinajstić information content (AvgIpc) is 2.96. The lowest BCUT2D eigenvalue weighted by Crippen LogP contribution is -1.98. The van der Waals surface area contributed by atoms with Crippen molar-refractivity contribution in [1.29, 1.82) is 0 Å². The molecule has 2 rings (SSSR count). The molecule has 27 heavy (non-hydrogen) atoms. The van der Waals surface area contributed by atoms with Gasteiger partial charge in [0.05, 0.1) is 23.5 Å². The summed E-state index contributed by atoms with van der Waals surface area (Å²) < 4.78 is 5.81. The number of benzene rings is 1. The van der Waals surface area contributed by atoms with E-state index in [1.807, 2.05) is 32.0 Å². The normalized spacial score (nSPS) is 11.3. The molecule has 0 radical (unpaired) electrons. The van der Waals surface area contributed by atoms with Crippen LogP contribution in [0.15, 0.2) is 23.3 Å². The first-order valence-corrected chi connectivity index (χ1v) is 10.9. The zero-order valence-corrected chi connectivity index (χ0v) is 18.1. The summed E-state index contributed by atoms with van der Waals surface area (Å²) in [6.07, 6.45) is 10.6. The van der Waals surface area contributed by atoms with Crippen LogP contribution in [0.2, 0.25) is 5.02 Å². The highest BCUT2D eigenvalue weighted by molar-refractivity contribution is 7.15. The van der Waals surface area contributed by atoms with E-state index in [1.165, 1.54) is 43.4 Å². The Bertz CT molecular complexity index is 711. The van der Waals surface area contributed by atoms with E-state index >= 15 is 0 Å². The summed E-state index contributed by atoms with van der Waals surface area (Å²) in [5.74, 6) is 0.735. The molecule has 0 bridgehead atoms. The topological polar surface area (TPSA) is 46.5 Å². The van der Waals surface area contributed by atoms with E-state index in [1.54, 1.807) is 17.6 Å². The van der Waals surface area contributed by atoms with Crippen LogP contribution in [0.3, 0.4) is 0 Å². The molecule has 0 saturated carbocycles. The van der Waals surface area contributed by atoms with Crippen molar-refractivity contribution in [1.82, 2.24) is 4.98 Å². The molecule has 0 aliphatic carbocycles. The first-order chi connectivity index (χ1) is 13.1. The number of hydrogen-bond acceptors (Lipinski definition) is 5. The van der Waals surface area contributed by atoms with Crippen LogP contribution in [-0.4, -0.2) is 17.8 Å². The number of anilines is 1. The lowest BCUT2D eigenvalue weighted by molar-refractivity contribution is 0.304. The minimum Gasteiger partial charge on any atom is -0.492 e. The summed E-state index contributed by atoms with van der Waals surface area (Å²) in [6, 6.07) is 5.73. The number of ether oxygens (including phenoxy) is 1. The Labute approximate surface area is 172 Å². The third-order valence-corrected chi connectivity index (χ3v) is 5.64. The van der Waals surface area contributed by atoms with Crippen LogP contribution in [0.5, 0.6) is 5.75 Å². The van der Waals surface area contributed by atoms with Crippen molar-refractivity contribution in [2.24, 2.45) is 5.10 Å². The fourth-order valence-electron chi connectivity index (χ4n) is 2.64. The Morgan fingerprint density at radius 3 is 2.56 bits per heavy atom. The second-order valence-electron chi connectivity index (χ2n) is 6.69. The van der Waals surface area contributed by atoms with Crippen LogP contribution in [0, 0.1) is 13.8 Å². The molecular formula is C21H30ClN3OS. The zero-order chi connectivity index (χ0) is 19.5. The van der Waals surface area contributed by atoms with Crippen molar-refractivity contribution in [3.05, 3.63) is 39.4 Å². The van der Waals surface area contributed by atoms with Crippen molar-refractivity contribution >= 4 is 34.3 Å². The van der Waals surface area contributed by atoms with Crippen LogP contribution in [0.1, 0.15) is 68.0 Å². The summed E-state index contributed by atoms with van der Waals surface area (Å²) in [7, 11) is 0. The molecule has 0 unspecified atom stereocenters. The molecule has 1 heterocycles. The predicted molar refractivity (Wildman–Crippen MR) is 118 cm³/mol. The van der Waals surface area contributed by atoms with E-state index in [4.69, 9.17) is 16.3 Å². The first-order valence-electron chi connectivity index (χ1n) is 9.75. The fraction of sp³-hybridized carbons (Fsp3) is 0.524. The Hall–Kier alpha value is -1.59. The third-order valence-electron chi connectivity index (χ3n) is 4.36. The minimum atomic E-state index is 0.614. The lowest BCUT2D eigenvalue weighted by Gasteiger charge is -2.08. The van der Waals surface area contributed by atoms with Gasteiger partial charge in [0.1, 0.15) is 5.75 Å². The molecule has 1 N–H and O–H groups in total. The van der Waals surface area contributed by atoms with Crippen LogP contribution < -0.4 is 10.2 Å². The summed E-state index contributed by atoms with van der Waals surface area (Å²) in [5.41, 5.74) is 4.91.